The maximum Gasteiger partial charge on any atom is 0.163 e. The van der Waals surface area contributed by atoms with Gasteiger partial charge in [-0.3, -0.25) is 4.79 Å². The third-order valence-corrected chi connectivity index (χ3v) is 3.75. The van der Waals surface area contributed by atoms with Gasteiger partial charge in [-0.2, -0.15) is 0 Å². The number of ether oxygens (including phenoxy) is 2. The van der Waals surface area contributed by atoms with Crippen molar-refractivity contribution in [3.05, 3.63) is 22.3 Å². The Kier molecular flexibility index (Phi) is 2.95. The van der Waals surface area contributed by atoms with Crippen molar-refractivity contribution in [2.24, 2.45) is 5.73 Å². The van der Waals surface area contributed by atoms with Crippen molar-refractivity contribution in [2.75, 3.05) is 19.8 Å². The highest BCUT2D eigenvalue weighted by Gasteiger charge is 2.34. The molecule has 3 rings (SSSR count). The van der Waals surface area contributed by atoms with Crippen molar-refractivity contribution >= 4 is 5.78 Å². The standard InChI is InChI=1S/C14H17NO4/c1-7(16)11-8-2-4-19-14(8)12(10(17)6-15)9-3-5-18-13(9)11/h10,17H,2-6,15H2,1H3. The first-order valence-corrected chi connectivity index (χ1v) is 6.51. The number of fused-ring (bicyclic) bond motifs is 2. The van der Waals surface area contributed by atoms with E-state index in [2.05, 4.69) is 0 Å². The minimum atomic E-state index is -0.775. The molecule has 1 atom stereocenters. The zero-order valence-electron chi connectivity index (χ0n) is 10.9. The van der Waals surface area contributed by atoms with Crippen LogP contribution in [-0.2, 0) is 12.8 Å². The zero-order valence-corrected chi connectivity index (χ0v) is 10.9. The lowest BCUT2D eigenvalue weighted by molar-refractivity contribution is 0.101. The van der Waals surface area contributed by atoms with Gasteiger partial charge in [0.15, 0.2) is 5.78 Å². The number of hydrogen-bond acceptors (Lipinski definition) is 5. The van der Waals surface area contributed by atoms with E-state index in [1.807, 2.05) is 0 Å². The molecule has 3 N–H and O–H groups in total. The molecule has 1 aromatic rings. The highest BCUT2D eigenvalue weighted by molar-refractivity contribution is 6.00. The van der Waals surface area contributed by atoms with Gasteiger partial charge in [-0.25, -0.2) is 0 Å². The lowest BCUT2D eigenvalue weighted by Crippen LogP contribution is -2.15. The van der Waals surface area contributed by atoms with Gasteiger partial charge in [0.05, 0.1) is 24.9 Å². The van der Waals surface area contributed by atoms with E-state index >= 15 is 0 Å². The summed E-state index contributed by atoms with van der Waals surface area (Å²) in [7, 11) is 0. The molecule has 2 aliphatic heterocycles. The van der Waals surface area contributed by atoms with E-state index < -0.39 is 6.10 Å². The summed E-state index contributed by atoms with van der Waals surface area (Å²) in [5.41, 5.74) is 8.65. The Morgan fingerprint density at radius 2 is 1.89 bits per heavy atom. The molecule has 5 nitrogen and oxygen atoms in total. The number of hydrogen-bond donors (Lipinski definition) is 2. The number of ketones is 1. The fourth-order valence-corrected chi connectivity index (χ4v) is 2.99. The summed E-state index contributed by atoms with van der Waals surface area (Å²) < 4.78 is 11.3. The molecule has 19 heavy (non-hydrogen) atoms. The first-order valence-electron chi connectivity index (χ1n) is 6.51. The van der Waals surface area contributed by atoms with Crippen LogP contribution in [0.15, 0.2) is 0 Å². The van der Waals surface area contributed by atoms with E-state index in [1.165, 1.54) is 6.92 Å². The number of aliphatic hydroxyl groups is 1. The Labute approximate surface area is 111 Å². The number of aliphatic hydroxyl groups excluding tert-OH is 1. The van der Waals surface area contributed by atoms with Crippen LogP contribution in [0.3, 0.4) is 0 Å². The summed E-state index contributed by atoms with van der Waals surface area (Å²) in [6.07, 6.45) is 0.576. The van der Waals surface area contributed by atoms with Crippen LogP contribution in [0.2, 0.25) is 0 Å². The Bertz CT molecular complexity index is 518. The number of rotatable bonds is 3. The second-order valence-corrected chi connectivity index (χ2v) is 4.91. The van der Waals surface area contributed by atoms with Crippen molar-refractivity contribution in [3.63, 3.8) is 0 Å². The predicted molar refractivity (Wildman–Crippen MR) is 68.9 cm³/mol. The minimum Gasteiger partial charge on any atom is -0.493 e. The molecule has 0 saturated heterocycles. The number of carbonyl (C=O) groups excluding carboxylic acids is 1. The molecule has 2 heterocycles. The third kappa shape index (κ3) is 1.73. The van der Waals surface area contributed by atoms with Crippen LogP contribution >= 0.6 is 0 Å². The molecule has 2 aliphatic rings. The number of Topliss-reactive ketones (excluding diaryl/α,β-unsaturated/α-hetero) is 1. The quantitative estimate of drug-likeness (QED) is 0.786. The van der Waals surface area contributed by atoms with Gasteiger partial charge in [-0.1, -0.05) is 0 Å². The Balaban J connectivity index is 2.31. The van der Waals surface area contributed by atoms with E-state index in [9.17, 15) is 9.90 Å². The topological polar surface area (TPSA) is 81.8 Å². The lowest BCUT2D eigenvalue weighted by Gasteiger charge is -2.19. The van der Waals surface area contributed by atoms with E-state index in [4.69, 9.17) is 15.2 Å². The summed E-state index contributed by atoms with van der Waals surface area (Å²) >= 11 is 0. The molecule has 0 bridgehead atoms. The average Bonchev–Trinajstić information content (AvgIpc) is 3.02. The predicted octanol–water partition coefficient (Wildman–Crippen LogP) is 0.751. The summed E-state index contributed by atoms with van der Waals surface area (Å²) in [6.45, 7) is 2.72. The fourth-order valence-electron chi connectivity index (χ4n) is 2.99. The Morgan fingerprint density at radius 3 is 2.53 bits per heavy atom. The van der Waals surface area contributed by atoms with Crippen LogP contribution < -0.4 is 15.2 Å². The van der Waals surface area contributed by atoms with Gasteiger partial charge in [0.1, 0.15) is 11.5 Å². The molecule has 0 amide bonds. The van der Waals surface area contributed by atoms with Gasteiger partial charge in [-0.05, 0) is 6.92 Å². The van der Waals surface area contributed by atoms with Crippen LogP contribution in [0, 0.1) is 0 Å². The summed E-state index contributed by atoms with van der Waals surface area (Å²) in [5, 5.41) is 10.1. The fraction of sp³-hybridized carbons (Fsp3) is 0.500. The van der Waals surface area contributed by atoms with E-state index in [-0.39, 0.29) is 12.3 Å². The van der Waals surface area contributed by atoms with Crippen LogP contribution in [0.5, 0.6) is 11.5 Å². The summed E-state index contributed by atoms with van der Waals surface area (Å²) in [4.78, 5) is 11.9. The van der Waals surface area contributed by atoms with Crippen molar-refractivity contribution in [3.8, 4) is 11.5 Å². The van der Waals surface area contributed by atoms with Crippen LogP contribution in [0.25, 0.3) is 0 Å². The molecule has 0 radical (unpaired) electrons. The molecular formula is C14H17NO4. The number of nitrogens with two attached hydrogens (primary N) is 1. The molecule has 0 fully saturated rings. The molecule has 0 saturated carbocycles. The van der Waals surface area contributed by atoms with E-state index in [0.717, 1.165) is 11.1 Å². The monoisotopic (exact) mass is 263 g/mol. The SMILES string of the molecule is CC(=O)c1c2c(c(C(O)CN)c3c1OCC3)OCC2. The maximum absolute atomic E-state index is 11.9. The lowest BCUT2D eigenvalue weighted by atomic mass is 9.90. The summed E-state index contributed by atoms with van der Waals surface area (Å²) in [6, 6.07) is 0. The van der Waals surface area contributed by atoms with Crippen LogP contribution in [0.4, 0.5) is 0 Å². The zero-order chi connectivity index (χ0) is 13.6. The van der Waals surface area contributed by atoms with Gasteiger partial charge in [0.25, 0.3) is 0 Å². The Hall–Kier alpha value is -1.59. The van der Waals surface area contributed by atoms with Crippen molar-refractivity contribution in [1.82, 2.24) is 0 Å². The van der Waals surface area contributed by atoms with Gasteiger partial charge in [0.2, 0.25) is 0 Å². The van der Waals surface area contributed by atoms with Gasteiger partial charge in [-0.15, -0.1) is 0 Å². The highest BCUT2D eigenvalue weighted by atomic mass is 16.5. The van der Waals surface area contributed by atoms with E-state index in [0.29, 0.717) is 48.7 Å². The van der Waals surface area contributed by atoms with Crippen LogP contribution in [-0.4, -0.2) is 30.6 Å². The highest BCUT2D eigenvalue weighted by Crippen LogP contribution is 2.46. The molecule has 1 aromatic carbocycles. The maximum atomic E-state index is 11.9. The molecule has 0 aromatic heterocycles. The second kappa shape index (κ2) is 4.51. The van der Waals surface area contributed by atoms with Crippen molar-refractivity contribution < 1.29 is 19.4 Å². The van der Waals surface area contributed by atoms with Gasteiger partial charge >= 0.3 is 0 Å². The second-order valence-electron chi connectivity index (χ2n) is 4.91. The van der Waals surface area contributed by atoms with Crippen molar-refractivity contribution in [1.29, 1.82) is 0 Å². The summed E-state index contributed by atoms with van der Waals surface area (Å²) in [5.74, 6) is 1.25. The molecular weight excluding hydrogens is 246 g/mol. The molecule has 0 spiro atoms. The van der Waals surface area contributed by atoms with Crippen molar-refractivity contribution in [2.45, 2.75) is 25.9 Å². The Morgan fingerprint density at radius 1 is 1.26 bits per heavy atom. The number of benzene rings is 1. The molecule has 0 aliphatic carbocycles. The molecule has 1 unspecified atom stereocenters. The van der Waals surface area contributed by atoms with E-state index in [1.54, 1.807) is 0 Å². The smallest absolute Gasteiger partial charge is 0.163 e. The first-order chi connectivity index (χ1) is 9.15. The average molecular weight is 263 g/mol. The molecule has 102 valence electrons. The molecule has 5 heteroatoms. The van der Waals surface area contributed by atoms with Gasteiger partial charge in [0, 0.05) is 36.1 Å². The third-order valence-electron chi connectivity index (χ3n) is 3.75. The van der Waals surface area contributed by atoms with Gasteiger partial charge < -0.3 is 20.3 Å². The largest absolute Gasteiger partial charge is 0.493 e. The van der Waals surface area contributed by atoms with Crippen LogP contribution in [0.1, 0.15) is 40.1 Å². The normalized spacial score (nSPS) is 17.4. The first kappa shape index (κ1) is 12.4. The minimum absolute atomic E-state index is 0.0197. The number of carbonyl (C=O) groups is 1.